The molecule has 0 saturated heterocycles. The SMILES string of the molecule is C=Cc1cc(=C/C)/c(=C\C)cc1C=C. The Morgan fingerprint density at radius 2 is 1.21 bits per heavy atom. The molecule has 0 atom stereocenters. The van der Waals surface area contributed by atoms with Crippen molar-refractivity contribution in [3.63, 3.8) is 0 Å². The molecule has 0 N–H and O–H groups in total. The molecule has 72 valence electrons. The van der Waals surface area contributed by atoms with Crippen molar-refractivity contribution in [3.05, 3.63) is 46.9 Å². The second-order valence-electron chi connectivity index (χ2n) is 3.10. The molecule has 0 amide bonds. The normalized spacial score (nSPS) is 13.0. The van der Waals surface area contributed by atoms with E-state index in [0.717, 1.165) is 11.1 Å². The molecule has 0 unspecified atom stereocenters. The summed E-state index contributed by atoms with van der Waals surface area (Å²) in [6.07, 6.45) is 7.94. The monoisotopic (exact) mass is 184 g/mol. The Hall–Kier alpha value is -1.56. The van der Waals surface area contributed by atoms with Crippen LogP contribution in [0.15, 0.2) is 25.3 Å². The zero-order chi connectivity index (χ0) is 10.6. The molecule has 0 nitrogen and oxygen atoms in total. The first-order valence-corrected chi connectivity index (χ1v) is 4.78. The molecule has 0 bridgehead atoms. The molecule has 0 fully saturated rings. The minimum absolute atomic E-state index is 1.14. The molecule has 0 aromatic heterocycles. The summed E-state index contributed by atoms with van der Waals surface area (Å²) < 4.78 is 0. The van der Waals surface area contributed by atoms with Gasteiger partial charge >= 0.3 is 0 Å². The van der Waals surface area contributed by atoms with E-state index in [0.29, 0.717) is 0 Å². The lowest BCUT2D eigenvalue weighted by atomic mass is 10.0. The predicted octanol–water partition coefficient (Wildman–Crippen LogP) is 2.57. The van der Waals surface area contributed by atoms with Gasteiger partial charge in [0.15, 0.2) is 0 Å². The maximum absolute atomic E-state index is 3.80. The summed E-state index contributed by atoms with van der Waals surface area (Å²) in [5.74, 6) is 0. The van der Waals surface area contributed by atoms with Crippen LogP contribution in [0.3, 0.4) is 0 Å². The van der Waals surface area contributed by atoms with E-state index in [2.05, 4.69) is 37.4 Å². The van der Waals surface area contributed by atoms with Gasteiger partial charge in [0.2, 0.25) is 0 Å². The Bertz CT molecular complexity index is 417. The maximum atomic E-state index is 3.80. The lowest BCUT2D eigenvalue weighted by Gasteiger charge is -2.01. The van der Waals surface area contributed by atoms with Crippen LogP contribution in [-0.2, 0) is 0 Å². The standard InChI is InChI=1S/C14H16/c1-5-11-9-13(7-3)14(8-4)10-12(11)6-2/h5-10H,1-2H2,3-4H3/b13-7-,14-8-. The minimum atomic E-state index is 1.14. The van der Waals surface area contributed by atoms with Crippen LogP contribution in [0, 0.1) is 0 Å². The highest BCUT2D eigenvalue weighted by Crippen LogP contribution is 2.06. The van der Waals surface area contributed by atoms with Crippen LogP contribution in [0.2, 0.25) is 0 Å². The summed E-state index contributed by atoms with van der Waals surface area (Å²) in [6.45, 7) is 11.7. The van der Waals surface area contributed by atoms with Crippen LogP contribution >= 0.6 is 0 Å². The van der Waals surface area contributed by atoms with Crippen molar-refractivity contribution >= 4 is 24.3 Å². The molecule has 0 aliphatic heterocycles. The van der Waals surface area contributed by atoms with E-state index in [-0.39, 0.29) is 0 Å². The number of hydrogen-bond donors (Lipinski definition) is 0. The van der Waals surface area contributed by atoms with Crippen molar-refractivity contribution in [2.75, 3.05) is 0 Å². The number of benzene rings is 1. The van der Waals surface area contributed by atoms with E-state index in [4.69, 9.17) is 0 Å². The van der Waals surface area contributed by atoms with Crippen molar-refractivity contribution in [1.29, 1.82) is 0 Å². The predicted molar refractivity (Wildman–Crippen MR) is 66.2 cm³/mol. The van der Waals surface area contributed by atoms with Gasteiger partial charge in [-0.25, -0.2) is 0 Å². The summed E-state index contributed by atoms with van der Waals surface area (Å²) in [4.78, 5) is 0. The first-order valence-electron chi connectivity index (χ1n) is 4.78. The first-order chi connectivity index (χ1) is 6.76. The third kappa shape index (κ3) is 1.85. The summed E-state index contributed by atoms with van der Waals surface area (Å²) in [5, 5.41) is 2.49. The maximum Gasteiger partial charge on any atom is -0.0184 e. The molecule has 0 heterocycles. The van der Waals surface area contributed by atoms with Crippen LogP contribution in [-0.4, -0.2) is 0 Å². The van der Waals surface area contributed by atoms with E-state index in [1.54, 1.807) is 0 Å². The Balaban J connectivity index is 3.69. The average Bonchev–Trinajstić information content (AvgIpc) is 2.26. The number of rotatable bonds is 2. The highest BCUT2D eigenvalue weighted by atomic mass is 14.0. The van der Waals surface area contributed by atoms with Gasteiger partial charge in [0, 0.05) is 0 Å². The van der Waals surface area contributed by atoms with E-state index >= 15 is 0 Å². The lowest BCUT2D eigenvalue weighted by Crippen LogP contribution is -2.24. The number of hydrogen-bond acceptors (Lipinski definition) is 0. The molecule has 1 rings (SSSR count). The quantitative estimate of drug-likeness (QED) is 0.662. The molecule has 14 heavy (non-hydrogen) atoms. The smallest absolute Gasteiger partial charge is 0.0184 e. The first kappa shape index (κ1) is 10.5. The van der Waals surface area contributed by atoms with Crippen LogP contribution < -0.4 is 10.4 Å². The van der Waals surface area contributed by atoms with Crippen molar-refractivity contribution in [2.24, 2.45) is 0 Å². The zero-order valence-electron chi connectivity index (χ0n) is 8.88. The van der Waals surface area contributed by atoms with E-state index in [9.17, 15) is 0 Å². The van der Waals surface area contributed by atoms with Gasteiger partial charge < -0.3 is 0 Å². The fourth-order valence-electron chi connectivity index (χ4n) is 1.52. The van der Waals surface area contributed by atoms with Gasteiger partial charge in [-0.15, -0.1) is 0 Å². The second kappa shape index (κ2) is 4.61. The van der Waals surface area contributed by atoms with Crippen LogP contribution in [0.5, 0.6) is 0 Å². The summed E-state index contributed by atoms with van der Waals surface area (Å²) in [5.41, 5.74) is 2.28. The lowest BCUT2D eigenvalue weighted by molar-refractivity contribution is 1.46. The van der Waals surface area contributed by atoms with Gasteiger partial charge in [0.05, 0.1) is 0 Å². The molecule has 1 aromatic carbocycles. The van der Waals surface area contributed by atoms with Gasteiger partial charge in [-0.1, -0.05) is 37.5 Å². The van der Waals surface area contributed by atoms with Crippen molar-refractivity contribution in [3.8, 4) is 0 Å². The molecule has 0 saturated carbocycles. The molecule has 0 aliphatic rings. The van der Waals surface area contributed by atoms with E-state index in [1.165, 1.54) is 10.4 Å². The second-order valence-corrected chi connectivity index (χ2v) is 3.10. The molecule has 0 radical (unpaired) electrons. The van der Waals surface area contributed by atoms with Crippen LogP contribution in [0.25, 0.3) is 24.3 Å². The van der Waals surface area contributed by atoms with E-state index < -0.39 is 0 Å². The fraction of sp³-hybridized carbons (Fsp3) is 0.143. The summed E-state index contributed by atoms with van der Waals surface area (Å²) >= 11 is 0. The highest BCUT2D eigenvalue weighted by molar-refractivity contribution is 5.64. The topological polar surface area (TPSA) is 0 Å². The molecule has 0 aliphatic carbocycles. The Labute approximate surface area is 85.6 Å². The molecule has 1 aromatic rings. The minimum Gasteiger partial charge on any atom is -0.0984 e. The van der Waals surface area contributed by atoms with Gasteiger partial charge in [-0.3, -0.25) is 0 Å². The molecular formula is C14H16. The van der Waals surface area contributed by atoms with Gasteiger partial charge in [0.25, 0.3) is 0 Å². The Morgan fingerprint density at radius 3 is 1.43 bits per heavy atom. The van der Waals surface area contributed by atoms with Crippen molar-refractivity contribution in [1.82, 2.24) is 0 Å². The van der Waals surface area contributed by atoms with Gasteiger partial charge in [-0.2, -0.15) is 0 Å². The molecule has 0 heteroatoms. The summed E-state index contributed by atoms with van der Waals surface area (Å²) in [6, 6.07) is 4.28. The molecular weight excluding hydrogens is 168 g/mol. The van der Waals surface area contributed by atoms with Crippen LogP contribution in [0.1, 0.15) is 25.0 Å². The largest absolute Gasteiger partial charge is 0.0984 e. The zero-order valence-corrected chi connectivity index (χ0v) is 8.88. The van der Waals surface area contributed by atoms with Crippen LogP contribution in [0.4, 0.5) is 0 Å². The molecule has 0 spiro atoms. The summed E-state index contributed by atoms with van der Waals surface area (Å²) in [7, 11) is 0. The third-order valence-electron chi connectivity index (χ3n) is 2.35. The Morgan fingerprint density at radius 1 is 0.857 bits per heavy atom. The van der Waals surface area contributed by atoms with Gasteiger partial charge in [0.1, 0.15) is 0 Å². The van der Waals surface area contributed by atoms with Crippen molar-refractivity contribution < 1.29 is 0 Å². The van der Waals surface area contributed by atoms with Crippen molar-refractivity contribution in [2.45, 2.75) is 13.8 Å². The van der Waals surface area contributed by atoms with Gasteiger partial charge in [-0.05, 0) is 47.5 Å². The third-order valence-corrected chi connectivity index (χ3v) is 2.35. The van der Waals surface area contributed by atoms with E-state index in [1.807, 2.05) is 26.0 Å². The highest BCUT2D eigenvalue weighted by Gasteiger charge is 1.95. The average molecular weight is 184 g/mol. The fourth-order valence-corrected chi connectivity index (χ4v) is 1.52. The Kier molecular flexibility index (Phi) is 3.47.